The van der Waals surface area contributed by atoms with Gasteiger partial charge in [0.1, 0.15) is 17.1 Å². The lowest BCUT2D eigenvalue weighted by Crippen LogP contribution is -2.64. The van der Waals surface area contributed by atoms with Crippen molar-refractivity contribution in [2.45, 2.75) is 19.4 Å². The molecule has 0 unspecified atom stereocenters. The van der Waals surface area contributed by atoms with Crippen LogP contribution in [0.4, 0.5) is 4.39 Å². The molecule has 0 spiro atoms. The molecule has 0 aromatic heterocycles. The van der Waals surface area contributed by atoms with Gasteiger partial charge in [0, 0.05) is 13.1 Å². The summed E-state index contributed by atoms with van der Waals surface area (Å²) in [5, 5.41) is 2.81. The van der Waals surface area contributed by atoms with Crippen LogP contribution in [0.2, 0.25) is 5.02 Å². The van der Waals surface area contributed by atoms with Crippen LogP contribution in [0.15, 0.2) is 18.2 Å². The zero-order valence-electron chi connectivity index (χ0n) is 11.8. The fourth-order valence-electron chi connectivity index (χ4n) is 2.15. The van der Waals surface area contributed by atoms with Crippen molar-refractivity contribution < 1.29 is 18.7 Å². The summed E-state index contributed by atoms with van der Waals surface area (Å²) in [6.07, 6.45) is 0. The maximum Gasteiger partial charge on any atom is 0.261 e. The number of benzene rings is 1. The number of nitrogens with one attached hydrogen (secondary N) is 1. The molecule has 1 N–H and O–H groups in total. The van der Waals surface area contributed by atoms with Gasteiger partial charge in [-0.3, -0.25) is 9.59 Å². The van der Waals surface area contributed by atoms with Gasteiger partial charge in [-0.15, -0.1) is 0 Å². The molecule has 0 bridgehead atoms. The highest BCUT2D eigenvalue weighted by Gasteiger charge is 2.40. The minimum Gasteiger partial charge on any atom is -0.482 e. The van der Waals surface area contributed by atoms with Crippen LogP contribution in [0, 0.1) is 5.82 Å². The van der Waals surface area contributed by atoms with Crippen LogP contribution in [0.5, 0.6) is 5.75 Å². The molecule has 1 fully saturated rings. The number of carbonyl (C=O) groups is 2. The lowest BCUT2D eigenvalue weighted by Gasteiger charge is -2.41. The van der Waals surface area contributed by atoms with Crippen molar-refractivity contribution in [3.63, 3.8) is 0 Å². The first-order valence-electron chi connectivity index (χ1n) is 6.49. The highest BCUT2D eigenvalue weighted by atomic mass is 35.5. The summed E-state index contributed by atoms with van der Waals surface area (Å²) in [5.74, 6) is -0.782. The Labute approximate surface area is 127 Å². The Bertz CT molecular complexity index is 577. The minimum absolute atomic E-state index is 0.0958. The predicted molar refractivity (Wildman–Crippen MR) is 75.7 cm³/mol. The third-order valence-electron chi connectivity index (χ3n) is 3.40. The van der Waals surface area contributed by atoms with Gasteiger partial charge in [-0.2, -0.15) is 0 Å². The van der Waals surface area contributed by atoms with E-state index in [1.165, 1.54) is 17.0 Å². The molecule has 5 nitrogen and oxygen atoms in total. The Morgan fingerprint density at radius 3 is 2.90 bits per heavy atom. The molecule has 7 heteroatoms. The van der Waals surface area contributed by atoms with Crippen LogP contribution < -0.4 is 10.1 Å². The van der Waals surface area contributed by atoms with E-state index in [-0.39, 0.29) is 29.2 Å². The molecule has 1 aromatic rings. The van der Waals surface area contributed by atoms with Crippen molar-refractivity contribution in [1.82, 2.24) is 10.2 Å². The van der Waals surface area contributed by atoms with E-state index in [4.69, 9.17) is 16.3 Å². The van der Waals surface area contributed by atoms with Crippen LogP contribution in [-0.2, 0) is 9.59 Å². The van der Waals surface area contributed by atoms with E-state index < -0.39 is 11.4 Å². The van der Waals surface area contributed by atoms with Gasteiger partial charge in [0.05, 0.1) is 5.02 Å². The number of halogens is 2. The molecule has 0 radical (unpaired) electrons. The van der Waals surface area contributed by atoms with Crippen LogP contribution >= 0.6 is 11.6 Å². The van der Waals surface area contributed by atoms with E-state index in [0.717, 1.165) is 6.07 Å². The number of nitrogens with zero attached hydrogens (tertiary/aromatic N) is 1. The van der Waals surface area contributed by atoms with Gasteiger partial charge < -0.3 is 15.0 Å². The molecule has 0 saturated carbocycles. The molecule has 1 aliphatic heterocycles. The summed E-state index contributed by atoms with van der Waals surface area (Å²) >= 11 is 5.82. The standard InChI is InChI=1S/C14H16ClFN2O3/c1-14(2)13(20)17-5-6-18(14)12(19)8-21-11-4-3-9(16)7-10(11)15/h3-4,7H,5-6,8H2,1-2H3,(H,17,20). The highest BCUT2D eigenvalue weighted by Crippen LogP contribution is 2.25. The number of piperazine rings is 1. The van der Waals surface area contributed by atoms with Crippen molar-refractivity contribution in [3.8, 4) is 5.75 Å². The Morgan fingerprint density at radius 2 is 2.24 bits per heavy atom. The predicted octanol–water partition coefficient (Wildman–Crippen LogP) is 1.59. The topological polar surface area (TPSA) is 58.6 Å². The summed E-state index contributed by atoms with van der Waals surface area (Å²) in [4.78, 5) is 25.5. The van der Waals surface area contributed by atoms with Crippen molar-refractivity contribution in [2.24, 2.45) is 0 Å². The highest BCUT2D eigenvalue weighted by molar-refractivity contribution is 6.32. The Balaban J connectivity index is 2.03. The second kappa shape index (κ2) is 5.89. The molecule has 114 valence electrons. The van der Waals surface area contributed by atoms with E-state index >= 15 is 0 Å². The fraction of sp³-hybridized carbons (Fsp3) is 0.429. The summed E-state index contributed by atoms with van der Waals surface area (Å²) in [5.41, 5.74) is -0.925. The molecule has 2 rings (SSSR count). The zero-order chi connectivity index (χ0) is 15.6. The molecule has 21 heavy (non-hydrogen) atoms. The van der Waals surface area contributed by atoms with Crippen LogP contribution in [0.3, 0.4) is 0 Å². The summed E-state index contributed by atoms with van der Waals surface area (Å²) in [7, 11) is 0. The van der Waals surface area contributed by atoms with Crippen LogP contribution in [-0.4, -0.2) is 41.9 Å². The van der Waals surface area contributed by atoms with E-state index in [9.17, 15) is 14.0 Å². The zero-order valence-corrected chi connectivity index (χ0v) is 12.5. The number of hydrogen-bond acceptors (Lipinski definition) is 3. The molecule has 1 aliphatic rings. The fourth-order valence-corrected chi connectivity index (χ4v) is 2.37. The van der Waals surface area contributed by atoms with Crippen molar-refractivity contribution in [1.29, 1.82) is 0 Å². The second-order valence-electron chi connectivity index (χ2n) is 5.22. The number of rotatable bonds is 3. The first-order chi connectivity index (χ1) is 9.82. The number of amides is 2. The van der Waals surface area contributed by atoms with Gasteiger partial charge in [0.2, 0.25) is 5.91 Å². The van der Waals surface area contributed by atoms with E-state index in [2.05, 4.69) is 5.32 Å². The number of ether oxygens (including phenoxy) is 1. The van der Waals surface area contributed by atoms with Crippen molar-refractivity contribution >= 4 is 23.4 Å². The van der Waals surface area contributed by atoms with Gasteiger partial charge in [-0.05, 0) is 32.0 Å². The number of hydrogen-bond donors (Lipinski definition) is 1. The first kappa shape index (κ1) is 15.6. The van der Waals surface area contributed by atoms with Gasteiger partial charge in [0.25, 0.3) is 5.91 Å². The van der Waals surface area contributed by atoms with Gasteiger partial charge in [0.15, 0.2) is 6.61 Å². The summed E-state index contributed by atoms with van der Waals surface area (Å²) < 4.78 is 18.2. The quantitative estimate of drug-likeness (QED) is 0.922. The normalized spacial score (nSPS) is 17.3. The maximum atomic E-state index is 12.9. The average molecular weight is 315 g/mol. The third kappa shape index (κ3) is 3.26. The van der Waals surface area contributed by atoms with Crippen molar-refractivity contribution in [3.05, 3.63) is 29.0 Å². The molecule has 1 heterocycles. The van der Waals surface area contributed by atoms with Crippen LogP contribution in [0.1, 0.15) is 13.8 Å². The molecule has 1 saturated heterocycles. The Morgan fingerprint density at radius 1 is 1.52 bits per heavy atom. The van der Waals surface area contributed by atoms with E-state index in [1.54, 1.807) is 13.8 Å². The SMILES string of the molecule is CC1(C)C(=O)NCCN1C(=O)COc1ccc(F)cc1Cl. The lowest BCUT2D eigenvalue weighted by atomic mass is 9.99. The van der Waals surface area contributed by atoms with E-state index in [1.807, 2.05) is 0 Å². The van der Waals surface area contributed by atoms with Gasteiger partial charge >= 0.3 is 0 Å². The lowest BCUT2D eigenvalue weighted by molar-refractivity contribution is -0.150. The molecular formula is C14H16ClFN2O3. The minimum atomic E-state index is -0.925. The number of carbonyl (C=O) groups excluding carboxylic acids is 2. The molecule has 1 aromatic carbocycles. The van der Waals surface area contributed by atoms with Gasteiger partial charge in [-0.25, -0.2) is 4.39 Å². The maximum absolute atomic E-state index is 12.9. The Hall–Kier alpha value is -1.82. The second-order valence-corrected chi connectivity index (χ2v) is 5.63. The van der Waals surface area contributed by atoms with Crippen molar-refractivity contribution in [2.75, 3.05) is 19.7 Å². The molecule has 0 aliphatic carbocycles. The Kier molecular flexibility index (Phi) is 4.37. The monoisotopic (exact) mass is 314 g/mol. The van der Waals surface area contributed by atoms with Gasteiger partial charge in [-0.1, -0.05) is 11.6 Å². The molecular weight excluding hydrogens is 299 g/mol. The third-order valence-corrected chi connectivity index (χ3v) is 3.69. The summed E-state index contributed by atoms with van der Waals surface area (Å²) in [6, 6.07) is 3.67. The average Bonchev–Trinajstić information content (AvgIpc) is 2.40. The summed E-state index contributed by atoms with van der Waals surface area (Å²) in [6.45, 7) is 3.90. The first-order valence-corrected chi connectivity index (χ1v) is 6.87. The van der Waals surface area contributed by atoms with Crippen LogP contribution in [0.25, 0.3) is 0 Å². The smallest absolute Gasteiger partial charge is 0.261 e. The van der Waals surface area contributed by atoms with E-state index in [0.29, 0.717) is 13.1 Å². The largest absolute Gasteiger partial charge is 0.482 e. The molecule has 2 amide bonds. The molecule has 0 atom stereocenters.